The first kappa shape index (κ1) is 29.7. The number of aromatic nitrogens is 1. The van der Waals surface area contributed by atoms with Crippen LogP contribution >= 0.6 is 7.60 Å². The maximum Gasteiger partial charge on any atom is 0.402 e. The summed E-state index contributed by atoms with van der Waals surface area (Å²) in [6, 6.07) is 2.46. The molecule has 1 heterocycles. The zero-order valence-corrected chi connectivity index (χ0v) is 22.8. The Bertz CT molecular complexity index is 1170. The van der Waals surface area contributed by atoms with Crippen LogP contribution in [0.5, 0.6) is 0 Å². The Morgan fingerprint density at radius 1 is 1.11 bits per heavy atom. The fourth-order valence-corrected chi connectivity index (χ4v) is 6.57. The van der Waals surface area contributed by atoms with Crippen LogP contribution in [0.2, 0.25) is 0 Å². The summed E-state index contributed by atoms with van der Waals surface area (Å²) in [5, 5.41) is 13.9. The topological polar surface area (TPSA) is 89.8 Å². The molecule has 2 aromatic rings. The molecule has 1 aromatic carbocycles. The van der Waals surface area contributed by atoms with Gasteiger partial charge in [0, 0.05) is 23.7 Å². The van der Waals surface area contributed by atoms with E-state index < -0.39 is 36.2 Å². The number of aliphatic hydroxyl groups excluding tert-OH is 1. The molecule has 1 saturated carbocycles. The summed E-state index contributed by atoms with van der Waals surface area (Å²) in [5.41, 5.74) is -5.47. The molecular formula is C26H38F3N2O5P. The van der Waals surface area contributed by atoms with Crippen molar-refractivity contribution in [2.75, 3.05) is 18.5 Å². The molecule has 1 aromatic heterocycles. The number of hydrogen-bond donors (Lipinski definition) is 2. The van der Waals surface area contributed by atoms with Gasteiger partial charge < -0.3 is 24.0 Å². The SMILES string of the molecule is CCOP(=O)(OCC)C(F)(F)C(O)c1cn(C(CC)CC)c2cc(NC3CCCCC3)c(F)cc2c1=O. The summed E-state index contributed by atoms with van der Waals surface area (Å²) < 4.78 is 70.1. The van der Waals surface area contributed by atoms with Gasteiger partial charge in [0.15, 0.2) is 11.5 Å². The third-order valence-corrected chi connectivity index (χ3v) is 9.21. The molecule has 11 heteroatoms. The Morgan fingerprint density at radius 3 is 2.24 bits per heavy atom. The van der Waals surface area contributed by atoms with Gasteiger partial charge in [-0.3, -0.25) is 9.36 Å². The predicted octanol–water partition coefficient (Wildman–Crippen LogP) is 7.14. The number of nitrogens with one attached hydrogen (secondary N) is 1. The van der Waals surface area contributed by atoms with Crippen molar-refractivity contribution in [1.29, 1.82) is 0 Å². The van der Waals surface area contributed by atoms with E-state index in [0.29, 0.717) is 18.4 Å². The van der Waals surface area contributed by atoms with Crippen molar-refractivity contribution >= 4 is 24.2 Å². The van der Waals surface area contributed by atoms with Crippen LogP contribution in [0.4, 0.5) is 18.9 Å². The normalized spacial score (nSPS) is 16.5. The number of aliphatic hydroxyl groups is 1. The molecule has 1 aliphatic carbocycles. The third-order valence-electron chi connectivity index (χ3n) is 7.04. The number of hydrogen-bond acceptors (Lipinski definition) is 6. The van der Waals surface area contributed by atoms with Gasteiger partial charge in [0.25, 0.3) is 0 Å². The van der Waals surface area contributed by atoms with Crippen LogP contribution in [0.25, 0.3) is 10.9 Å². The number of alkyl halides is 2. The molecule has 208 valence electrons. The Balaban J connectivity index is 2.20. The Morgan fingerprint density at radius 2 is 1.70 bits per heavy atom. The second-order valence-electron chi connectivity index (χ2n) is 9.44. The van der Waals surface area contributed by atoms with Gasteiger partial charge in [-0.15, -0.1) is 0 Å². The van der Waals surface area contributed by atoms with Crippen LogP contribution in [-0.4, -0.2) is 34.6 Å². The summed E-state index contributed by atoms with van der Waals surface area (Å²) in [5.74, 6) is -0.682. The molecule has 0 amide bonds. The Hall–Kier alpha value is -1.87. The minimum absolute atomic E-state index is 0.111. The zero-order valence-electron chi connectivity index (χ0n) is 21.9. The van der Waals surface area contributed by atoms with Gasteiger partial charge in [-0.25, -0.2) is 4.39 Å². The lowest BCUT2D eigenvalue weighted by molar-refractivity contribution is -0.0682. The molecule has 1 unspecified atom stereocenters. The lowest BCUT2D eigenvalue weighted by Gasteiger charge is -2.30. The zero-order chi connectivity index (χ0) is 27.4. The molecule has 37 heavy (non-hydrogen) atoms. The predicted molar refractivity (Wildman–Crippen MR) is 139 cm³/mol. The highest BCUT2D eigenvalue weighted by Gasteiger charge is 2.59. The van der Waals surface area contributed by atoms with Crippen molar-refractivity contribution in [3.05, 3.63) is 39.9 Å². The van der Waals surface area contributed by atoms with Crippen molar-refractivity contribution in [1.82, 2.24) is 4.57 Å². The maximum absolute atomic E-state index is 15.4. The monoisotopic (exact) mass is 546 g/mol. The summed E-state index contributed by atoms with van der Waals surface area (Å²) in [7, 11) is -5.13. The number of rotatable bonds is 12. The van der Waals surface area contributed by atoms with Crippen LogP contribution in [0, 0.1) is 5.82 Å². The summed E-state index contributed by atoms with van der Waals surface area (Å²) in [6.07, 6.45) is 4.64. The highest BCUT2D eigenvalue weighted by molar-refractivity contribution is 7.55. The van der Waals surface area contributed by atoms with Gasteiger partial charge in [-0.05, 0) is 51.7 Å². The molecule has 3 rings (SSSR count). The summed E-state index contributed by atoms with van der Waals surface area (Å²) >= 11 is 0. The van der Waals surface area contributed by atoms with Gasteiger partial charge >= 0.3 is 13.3 Å². The quantitative estimate of drug-likeness (QED) is 0.275. The van der Waals surface area contributed by atoms with E-state index in [0.717, 1.165) is 38.2 Å². The van der Waals surface area contributed by atoms with E-state index in [9.17, 15) is 14.5 Å². The first-order chi connectivity index (χ1) is 17.5. The van der Waals surface area contributed by atoms with Crippen molar-refractivity contribution in [2.45, 2.75) is 96.5 Å². The summed E-state index contributed by atoms with van der Waals surface area (Å²) in [6.45, 7) is 5.85. The minimum atomic E-state index is -5.13. The van der Waals surface area contributed by atoms with E-state index in [1.54, 1.807) is 10.6 Å². The summed E-state index contributed by atoms with van der Waals surface area (Å²) in [4.78, 5) is 13.4. The first-order valence-electron chi connectivity index (χ1n) is 13.1. The largest absolute Gasteiger partial charge is 0.402 e. The number of fused-ring (bicyclic) bond motifs is 1. The average Bonchev–Trinajstić information content (AvgIpc) is 2.87. The smallest absolute Gasteiger partial charge is 0.381 e. The molecule has 0 radical (unpaired) electrons. The molecule has 0 spiro atoms. The molecule has 0 saturated heterocycles. The van der Waals surface area contributed by atoms with Crippen molar-refractivity contribution < 1.29 is 31.9 Å². The molecular weight excluding hydrogens is 508 g/mol. The second kappa shape index (κ2) is 12.3. The molecule has 1 fully saturated rings. The lowest BCUT2D eigenvalue weighted by Crippen LogP contribution is -2.33. The van der Waals surface area contributed by atoms with E-state index in [1.807, 2.05) is 13.8 Å². The van der Waals surface area contributed by atoms with Crippen molar-refractivity contribution in [3.63, 3.8) is 0 Å². The Labute approximate surface area is 215 Å². The maximum atomic E-state index is 15.4. The first-order valence-corrected chi connectivity index (χ1v) is 14.7. The fraction of sp³-hybridized carbons (Fsp3) is 0.654. The van der Waals surface area contributed by atoms with Crippen LogP contribution in [0.3, 0.4) is 0 Å². The van der Waals surface area contributed by atoms with Crippen LogP contribution in [-0.2, 0) is 13.6 Å². The van der Waals surface area contributed by atoms with Gasteiger partial charge in [0.05, 0.1) is 30.0 Å². The Kier molecular flexibility index (Phi) is 9.89. The van der Waals surface area contributed by atoms with E-state index >= 15 is 13.2 Å². The number of halogens is 3. The van der Waals surface area contributed by atoms with E-state index in [1.165, 1.54) is 20.0 Å². The molecule has 0 aliphatic heterocycles. The highest BCUT2D eigenvalue weighted by atomic mass is 31.2. The van der Waals surface area contributed by atoms with Gasteiger partial charge in [-0.2, -0.15) is 8.78 Å². The lowest BCUT2D eigenvalue weighted by atomic mass is 9.95. The molecule has 0 bridgehead atoms. The van der Waals surface area contributed by atoms with Crippen molar-refractivity contribution in [3.8, 4) is 0 Å². The molecule has 1 aliphatic rings. The number of pyridine rings is 1. The number of nitrogens with zero attached hydrogens (tertiary/aromatic N) is 1. The van der Waals surface area contributed by atoms with Crippen LogP contribution < -0.4 is 10.7 Å². The fourth-order valence-electron chi connectivity index (χ4n) is 5.03. The van der Waals surface area contributed by atoms with Crippen LogP contribution in [0.15, 0.2) is 23.1 Å². The third kappa shape index (κ3) is 5.92. The highest BCUT2D eigenvalue weighted by Crippen LogP contribution is 2.65. The minimum Gasteiger partial charge on any atom is -0.381 e. The standard InChI is InChI=1S/C26H38F3N2O5P/c1-5-18(6-2)31-16-20(25(33)26(28,29)37(34,35-7-3)36-8-4)24(32)19-14-21(27)22(15-23(19)31)30-17-12-10-9-11-13-17/h14-18,25,30,33H,5-13H2,1-4H3. The molecule has 1 atom stereocenters. The van der Waals surface area contributed by atoms with Gasteiger partial charge in [0.2, 0.25) is 0 Å². The van der Waals surface area contributed by atoms with Gasteiger partial charge in [-0.1, -0.05) is 33.1 Å². The molecule has 2 N–H and O–H groups in total. The van der Waals surface area contributed by atoms with E-state index in [-0.39, 0.29) is 36.4 Å². The second-order valence-corrected chi connectivity index (χ2v) is 11.6. The van der Waals surface area contributed by atoms with Crippen LogP contribution in [0.1, 0.15) is 90.3 Å². The average molecular weight is 547 g/mol. The van der Waals surface area contributed by atoms with Gasteiger partial charge in [0.1, 0.15) is 5.82 Å². The molecule has 7 nitrogen and oxygen atoms in total. The number of benzene rings is 1. The van der Waals surface area contributed by atoms with E-state index in [4.69, 9.17) is 9.05 Å². The van der Waals surface area contributed by atoms with E-state index in [2.05, 4.69) is 5.32 Å². The van der Waals surface area contributed by atoms with Crippen molar-refractivity contribution in [2.24, 2.45) is 0 Å². The number of anilines is 1.